The molecule has 0 spiro atoms. The number of carbonyl (C=O) groups is 1. The van der Waals surface area contributed by atoms with Crippen molar-refractivity contribution in [3.8, 4) is 27.6 Å². The quantitative estimate of drug-likeness (QED) is 0.264. The van der Waals surface area contributed by atoms with Gasteiger partial charge < -0.3 is 10.1 Å². The van der Waals surface area contributed by atoms with Crippen LogP contribution in [0.3, 0.4) is 0 Å². The molecule has 1 amide bonds. The molecule has 0 bridgehead atoms. The van der Waals surface area contributed by atoms with E-state index in [1.54, 1.807) is 18.2 Å². The summed E-state index contributed by atoms with van der Waals surface area (Å²) in [4.78, 5) is 27.3. The Hall–Kier alpha value is -3.75. The highest BCUT2D eigenvalue weighted by atomic mass is 35.5. The van der Waals surface area contributed by atoms with Crippen molar-refractivity contribution in [2.45, 2.75) is 0 Å². The number of aromatic nitrogens is 1. The Labute approximate surface area is 192 Å². The summed E-state index contributed by atoms with van der Waals surface area (Å²) < 4.78 is 5.31. The van der Waals surface area contributed by atoms with Crippen LogP contribution in [0.2, 0.25) is 5.02 Å². The fraction of sp³-hybridized carbons (Fsp3) is 0.0435. The predicted octanol–water partition coefficient (Wildman–Crippen LogP) is 6.06. The normalized spacial score (nSPS) is 10.5. The molecule has 7 nitrogen and oxygen atoms in total. The first-order chi connectivity index (χ1) is 15.5. The minimum atomic E-state index is -0.553. The largest absolute Gasteiger partial charge is 0.477 e. The lowest BCUT2D eigenvalue weighted by Crippen LogP contribution is -2.20. The molecule has 0 fully saturated rings. The number of hydrogen-bond donors (Lipinski definition) is 1. The van der Waals surface area contributed by atoms with E-state index in [1.807, 2.05) is 41.8 Å². The van der Waals surface area contributed by atoms with Crippen LogP contribution < -0.4 is 10.1 Å². The van der Waals surface area contributed by atoms with Crippen LogP contribution >= 0.6 is 22.9 Å². The minimum absolute atomic E-state index is 0.0445. The fourth-order valence-corrected chi connectivity index (χ4v) is 3.89. The number of thiazole rings is 1. The molecule has 32 heavy (non-hydrogen) atoms. The SMILES string of the molecule is O=C(COc1ccccc1[N+](=O)[O-])Nc1ccc(-c2csc(-c3ccc(Cl)cc3)n2)cc1. The van der Waals surface area contributed by atoms with E-state index in [9.17, 15) is 14.9 Å². The topological polar surface area (TPSA) is 94.4 Å². The third-order valence-corrected chi connectivity index (χ3v) is 5.62. The highest BCUT2D eigenvalue weighted by Gasteiger charge is 2.15. The number of hydrogen-bond acceptors (Lipinski definition) is 6. The lowest BCUT2D eigenvalue weighted by molar-refractivity contribution is -0.385. The monoisotopic (exact) mass is 465 g/mol. The number of nitro benzene ring substituents is 1. The van der Waals surface area contributed by atoms with Crippen LogP contribution in [0.4, 0.5) is 11.4 Å². The first-order valence-corrected chi connectivity index (χ1v) is 10.7. The molecule has 0 radical (unpaired) electrons. The number of rotatable bonds is 7. The molecule has 0 unspecified atom stereocenters. The molecule has 0 aliphatic carbocycles. The standard InChI is InChI=1S/C23H16ClN3O4S/c24-17-9-5-16(6-10-17)23-26-19(14-32-23)15-7-11-18(12-8-15)25-22(28)13-31-21-4-2-1-3-20(21)27(29)30/h1-12,14H,13H2,(H,25,28). The van der Waals surface area contributed by atoms with Crippen LogP contribution in [0.1, 0.15) is 0 Å². The van der Waals surface area contributed by atoms with Crippen molar-refractivity contribution in [1.29, 1.82) is 0 Å². The Morgan fingerprint density at radius 3 is 2.44 bits per heavy atom. The zero-order chi connectivity index (χ0) is 22.5. The molecule has 0 aliphatic heterocycles. The number of amides is 1. The van der Waals surface area contributed by atoms with Crippen molar-refractivity contribution in [3.05, 3.63) is 93.3 Å². The van der Waals surface area contributed by atoms with E-state index < -0.39 is 10.8 Å². The maximum atomic E-state index is 12.2. The third kappa shape index (κ3) is 5.11. The highest BCUT2D eigenvalue weighted by Crippen LogP contribution is 2.30. The van der Waals surface area contributed by atoms with Gasteiger partial charge in [-0.2, -0.15) is 0 Å². The van der Waals surface area contributed by atoms with E-state index in [-0.39, 0.29) is 18.0 Å². The van der Waals surface area contributed by atoms with Gasteiger partial charge in [0.1, 0.15) is 5.01 Å². The second-order valence-electron chi connectivity index (χ2n) is 6.68. The number of benzene rings is 3. The molecule has 160 valence electrons. The zero-order valence-electron chi connectivity index (χ0n) is 16.5. The summed E-state index contributed by atoms with van der Waals surface area (Å²) in [5, 5.41) is 17.3. The van der Waals surface area contributed by atoms with Gasteiger partial charge in [0, 0.05) is 33.3 Å². The molecule has 1 aromatic heterocycles. The van der Waals surface area contributed by atoms with Crippen LogP contribution in [-0.2, 0) is 4.79 Å². The van der Waals surface area contributed by atoms with Crippen molar-refractivity contribution >= 4 is 40.2 Å². The molecule has 1 heterocycles. The number of halogens is 1. The second-order valence-corrected chi connectivity index (χ2v) is 7.98. The van der Waals surface area contributed by atoms with Crippen LogP contribution in [0.25, 0.3) is 21.8 Å². The lowest BCUT2D eigenvalue weighted by Gasteiger charge is -2.08. The molecular formula is C23H16ClN3O4S. The number of nitro groups is 1. The van der Waals surface area contributed by atoms with E-state index in [0.29, 0.717) is 10.7 Å². The van der Waals surface area contributed by atoms with Gasteiger partial charge in [-0.15, -0.1) is 11.3 Å². The van der Waals surface area contributed by atoms with Crippen LogP contribution in [0.15, 0.2) is 78.2 Å². The minimum Gasteiger partial charge on any atom is -0.477 e. The molecule has 4 aromatic rings. The first kappa shape index (κ1) is 21.5. The van der Waals surface area contributed by atoms with Crippen molar-refractivity contribution in [2.24, 2.45) is 0 Å². The molecule has 4 rings (SSSR count). The lowest BCUT2D eigenvalue weighted by atomic mass is 10.1. The van der Waals surface area contributed by atoms with E-state index >= 15 is 0 Å². The second kappa shape index (κ2) is 9.59. The maximum absolute atomic E-state index is 12.2. The van der Waals surface area contributed by atoms with Gasteiger partial charge in [-0.3, -0.25) is 14.9 Å². The van der Waals surface area contributed by atoms with E-state index in [2.05, 4.69) is 10.3 Å². The molecule has 0 atom stereocenters. The summed E-state index contributed by atoms with van der Waals surface area (Å²) in [6.45, 7) is -0.344. The molecule has 3 aromatic carbocycles. The molecule has 0 aliphatic rings. The first-order valence-electron chi connectivity index (χ1n) is 9.47. The summed E-state index contributed by atoms with van der Waals surface area (Å²) in [6.07, 6.45) is 0. The summed E-state index contributed by atoms with van der Waals surface area (Å²) in [6, 6.07) is 20.7. The molecular weight excluding hydrogens is 450 g/mol. The van der Waals surface area contributed by atoms with Gasteiger partial charge in [0.05, 0.1) is 10.6 Å². The Balaban J connectivity index is 1.37. The summed E-state index contributed by atoms with van der Waals surface area (Å²) in [7, 11) is 0. The van der Waals surface area contributed by atoms with Crippen molar-refractivity contribution < 1.29 is 14.5 Å². The van der Waals surface area contributed by atoms with Gasteiger partial charge in [-0.1, -0.05) is 48.0 Å². The fourth-order valence-electron chi connectivity index (χ4n) is 2.93. The predicted molar refractivity (Wildman–Crippen MR) is 125 cm³/mol. The van der Waals surface area contributed by atoms with Crippen LogP contribution in [0.5, 0.6) is 5.75 Å². The smallest absolute Gasteiger partial charge is 0.310 e. The van der Waals surface area contributed by atoms with Gasteiger partial charge in [0.15, 0.2) is 12.4 Å². The molecule has 9 heteroatoms. The van der Waals surface area contributed by atoms with E-state index in [4.69, 9.17) is 16.3 Å². The zero-order valence-corrected chi connectivity index (χ0v) is 18.1. The van der Waals surface area contributed by atoms with Crippen molar-refractivity contribution in [3.63, 3.8) is 0 Å². The van der Waals surface area contributed by atoms with Gasteiger partial charge in [-0.05, 0) is 30.3 Å². The summed E-state index contributed by atoms with van der Waals surface area (Å²) in [5.74, 6) is -0.377. The Morgan fingerprint density at radius 2 is 1.72 bits per heavy atom. The van der Waals surface area contributed by atoms with Gasteiger partial charge in [0.25, 0.3) is 5.91 Å². The summed E-state index contributed by atoms with van der Waals surface area (Å²) in [5.41, 5.74) is 3.13. The Morgan fingerprint density at radius 1 is 1.03 bits per heavy atom. The van der Waals surface area contributed by atoms with E-state index in [1.165, 1.54) is 29.5 Å². The third-order valence-electron chi connectivity index (χ3n) is 4.48. The summed E-state index contributed by atoms with van der Waals surface area (Å²) >= 11 is 7.48. The van der Waals surface area contributed by atoms with E-state index in [0.717, 1.165) is 21.8 Å². The number of para-hydroxylation sites is 2. The average Bonchev–Trinajstić information content (AvgIpc) is 3.29. The average molecular weight is 466 g/mol. The van der Waals surface area contributed by atoms with Gasteiger partial charge in [-0.25, -0.2) is 4.98 Å². The maximum Gasteiger partial charge on any atom is 0.310 e. The molecule has 0 saturated heterocycles. The Bertz CT molecular complexity index is 1260. The number of anilines is 1. The van der Waals surface area contributed by atoms with Crippen molar-refractivity contribution in [1.82, 2.24) is 4.98 Å². The van der Waals surface area contributed by atoms with Gasteiger partial charge in [0.2, 0.25) is 0 Å². The molecule has 0 saturated carbocycles. The van der Waals surface area contributed by atoms with Gasteiger partial charge >= 0.3 is 5.69 Å². The van der Waals surface area contributed by atoms with Crippen molar-refractivity contribution in [2.75, 3.05) is 11.9 Å². The van der Waals surface area contributed by atoms with Crippen LogP contribution in [-0.4, -0.2) is 22.4 Å². The number of nitrogens with zero attached hydrogens (tertiary/aromatic N) is 2. The number of nitrogens with one attached hydrogen (secondary N) is 1. The Kier molecular flexibility index (Phi) is 6.44. The van der Waals surface area contributed by atoms with Crippen LogP contribution in [0, 0.1) is 10.1 Å². The number of ether oxygens (including phenoxy) is 1. The number of carbonyl (C=O) groups excluding carboxylic acids is 1. The molecule has 1 N–H and O–H groups in total. The highest BCUT2D eigenvalue weighted by molar-refractivity contribution is 7.13.